The molecule has 5 nitrogen and oxygen atoms in total. The van der Waals surface area contributed by atoms with Crippen LogP contribution in [0.3, 0.4) is 0 Å². The maximum atomic E-state index is 5.83. The van der Waals surface area contributed by atoms with Crippen molar-refractivity contribution >= 4 is 28.8 Å². The van der Waals surface area contributed by atoms with Gasteiger partial charge in [0.1, 0.15) is 5.82 Å². The molecule has 0 saturated carbocycles. The van der Waals surface area contributed by atoms with Gasteiger partial charge < -0.3 is 5.32 Å². The van der Waals surface area contributed by atoms with E-state index < -0.39 is 0 Å². The second-order valence-corrected chi connectivity index (χ2v) is 4.44. The lowest BCUT2D eigenvalue weighted by Gasteiger charge is -2.07. The molecule has 0 unspecified atom stereocenters. The van der Waals surface area contributed by atoms with Gasteiger partial charge >= 0.3 is 0 Å². The first-order valence-corrected chi connectivity index (χ1v) is 6.39. The molecule has 6 heteroatoms. The van der Waals surface area contributed by atoms with Gasteiger partial charge in [-0.15, -0.1) is 21.8 Å². The molecule has 0 bridgehead atoms. The molecule has 2 aromatic heterocycles. The van der Waals surface area contributed by atoms with E-state index in [1.165, 1.54) is 0 Å². The van der Waals surface area contributed by atoms with Crippen LogP contribution in [0.4, 0.5) is 11.5 Å². The third kappa shape index (κ3) is 2.24. The summed E-state index contributed by atoms with van der Waals surface area (Å²) in [7, 11) is 0. The largest absolute Gasteiger partial charge is 0.337 e. The Kier molecular flexibility index (Phi) is 3.05. The number of nitrogens with one attached hydrogen (secondary N) is 1. The van der Waals surface area contributed by atoms with E-state index in [0.29, 0.717) is 17.3 Å². The van der Waals surface area contributed by atoms with E-state index >= 15 is 0 Å². The molecule has 3 rings (SSSR count). The molecule has 0 saturated heterocycles. The summed E-state index contributed by atoms with van der Waals surface area (Å²) >= 11 is 5.83. The first kappa shape index (κ1) is 11.9. The molecule has 0 atom stereocenters. The summed E-state index contributed by atoms with van der Waals surface area (Å²) in [5.41, 5.74) is 2.69. The Morgan fingerprint density at radius 3 is 3.05 bits per heavy atom. The Bertz CT molecular complexity index is 722. The number of alkyl halides is 1. The van der Waals surface area contributed by atoms with E-state index in [2.05, 4.69) is 20.5 Å². The topological polar surface area (TPSA) is 55.1 Å². The standard InChI is InChI=1S/C13H12ClN5/c1-9-17-18-13-12(15-5-6-19(9)13)16-11-4-2-3-10(7-11)8-14/h2-7H,8H2,1H3,(H,15,16). The van der Waals surface area contributed by atoms with Crippen molar-refractivity contribution < 1.29 is 0 Å². The van der Waals surface area contributed by atoms with Gasteiger partial charge in [0.05, 0.1) is 0 Å². The molecule has 0 radical (unpaired) electrons. The van der Waals surface area contributed by atoms with Crippen molar-refractivity contribution in [2.75, 3.05) is 5.32 Å². The van der Waals surface area contributed by atoms with E-state index in [1.54, 1.807) is 6.20 Å². The Hall–Kier alpha value is -2.14. The molecule has 2 heterocycles. The number of hydrogen-bond donors (Lipinski definition) is 1. The molecule has 1 N–H and O–H groups in total. The van der Waals surface area contributed by atoms with Crippen molar-refractivity contribution in [3.05, 3.63) is 48.0 Å². The smallest absolute Gasteiger partial charge is 0.204 e. The second-order valence-electron chi connectivity index (χ2n) is 4.18. The van der Waals surface area contributed by atoms with Crippen molar-refractivity contribution in [2.24, 2.45) is 0 Å². The van der Waals surface area contributed by atoms with Gasteiger partial charge in [-0.05, 0) is 24.6 Å². The number of nitrogens with zero attached hydrogens (tertiary/aromatic N) is 4. The molecular formula is C13H12ClN5. The van der Waals surface area contributed by atoms with Crippen molar-refractivity contribution in [2.45, 2.75) is 12.8 Å². The van der Waals surface area contributed by atoms with Crippen molar-refractivity contribution in [1.29, 1.82) is 0 Å². The maximum absolute atomic E-state index is 5.83. The van der Waals surface area contributed by atoms with Gasteiger partial charge in [0.15, 0.2) is 5.82 Å². The molecule has 96 valence electrons. The van der Waals surface area contributed by atoms with Gasteiger partial charge in [-0.3, -0.25) is 4.40 Å². The van der Waals surface area contributed by atoms with Crippen LogP contribution in [0.1, 0.15) is 11.4 Å². The molecule has 0 aliphatic heterocycles. The molecule has 1 aromatic carbocycles. The fraction of sp³-hybridized carbons (Fsp3) is 0.154. The third-order valence-electron chi connectivity index (χ3n) is 2.84. The maximum Gasteiger partial charge on any atom is 0.204 e. The van der Waals surface area contributed by atoms with Crippen LogP contribution in [-0.4, -0.2) is 19.6 Å². The van der Waals surface area contributed by atoms with Crippen molar-refractivity contribution in [3.8, 4) is 0 Å². The van der Waals surface area contributed by atoms with E-state index in [-0.39, 0.29) is 0 Å². The van der Waals surface area contributed by atoms with E-state index in [4.69, 9.17) is 11.6 Å². The Balaban J connectivity index is 2.00. The number of rotatable bonds is 3. The molecule has 0 aliphatic rings. The predicted octanol–water partition coefficient (Wildman–Crippen LogP) is 2.92. The summed E-state index contributed by atoms with van der Waals surface area (Å²) in [5.74, 6) is 1.99. The lowest BCUT2D eigenvalue weighted by Crippen LogP contribution is -1.98. The average molecular weight is 274 g/mol. The number of aryl methyl sites for hydroxylation is 1. The van der Waals surface area contributed by atoms with E-state index in [0.717, 1.165) is 17.1 Å². The first-order chi connectivity index (χ1) is 9.28. The van der Waals surface area contributed by atoms with Crippen LogP contribution in [0.25, 0.3) is 5.65 Å². The van der Waals surface area contributed by atoms with Crippen LogP contribution >= 0.6 is 11.6 Å². The van der Waals surface area contributed by atoms with Crippen LogP contribution in [0.5, 0.6) is 0 Å². The van der Waals surface area contributed by atoms with Crippen LogP contribution in [0.15, 0.2) is 36.7 Å². The van der Waals surface area contributed by atoms with Crippen LogP contribution in [0.2, 0.25) is 0 Å². The van der Waals surface area contributed by atoms with Crippen LogP contribution in [0, 0.1) is 6.92 Å². The Morgan fingerprint density at radius 2 is 2.21 bits per heavy atom. The number of halogens is 1. The second kappa shape index (κ2) is 4.85. The zero-order chi connectivity index (χ0) is 13.2. The molecule has 0 amide bonds. The normalized spacial score (nSPS) is 10.8. The fourth-order valence-corrected chi connectivity index (χ4v) is 2.06. The van der Waals surface area contributed by atoms with Crippen LogP contribution in [-0.2, 0) is 5.88 Å². The van der Waals surface area contributed by atoms with Gasteiger partial charge in [-0.2, -0.15) is 0 Å². The third-order valence-corrected chi connectivity index (χ3v) is 3.15. The zero-order valence-electron chi connectivity index (χ0n) is 10.3. The lowest BCUT2D eigenvalue weighted by atomic mass is 10.2. The lowest BCUT2D eigenvalue weighted by molar-refractivity contribution is 1.00. The predicted molar refractivity (Wildman–Crippen MR) is 74.8 cm³/mol. The Morgan fingerprint density at radius 1 is 1.32 bits per heavy atom. The van der Waals surface area contributed by atoms with Gasteiger partial charge in [-0.25, -0.2) is 4.98 Å². The van der Waals surface area contributed by atoms with Crippen LogP contribution < -0.4 is 5.32 Å². The van der Waals surface area contributed by atoms with Gasteiger partial charge in [0.2, 0.25) is 5.65 Å². The minimum absolute atomic E-state index is 0.483. The highest BCUT2D eigenvalue weighted by Crippen LogP contribution is 2.20. The summed E-state index contributed by atoms with van der Waals surface area (Å²) < 4.78 is 1.89. The van der Waals surface area contributed by atoms with Gasteiger partial charge in [-0.1, -0.05) is 12.1 Å². The minimum Gasteiger partial charge on any atom is -0.337 e. The molecular weight excluding hydrogens is 262 g/mol. The monoisotopic (exact) mass is 273 g/mol. The molecule has 0 fully saturated rings. The van der Waals surface area contributed by atoms with E-state index in [9.17, 15) is 0 Å². The molecule has 19 heavy (non-hydrogen) atoms. The zero-order valence-corrected chi connectivity index (χ0v) is 11.1. The minimum atomic E-state index is 0.483. The fourth-order valence-electron chi connectivity index (χ4n) is 1.90. The summed E-state index contributed by atoms with van der Waals surface area (Å²) in [6.07, 6.45) is 3.56. The number of aromatic nitrogens is 4. The highest BCUT2D eigenvalue weighted by Gasteiger charge is 2.07. The van der Waals surface area contributed by atoms with Crippen molar-refractivity contribution in [1.82, 2.24) is 19.6 Å². The first-order valence-electron chi connectivity index (χ1n) is 5.86. The van der Waals surface area contributed by atoms with Gasteiger partial charge in [0.25, 0.3) is 0 Å². The molecule has 0 spiro atoms. The summed E-state index contributed by atoms with van der Waals surface area (Å²) in [6.45, 7) is 1.90. The summed E-state index contributed by atoms with van der Waals surface area (Å²) in [5, 5.41) is 11.4. The molecule has 0 aliphatic carbocycles. The van der Waals surface area contributed by atoms with Gasteiger partial charge in [0, 0.05) is 24.0 Å². The number of hydrogen-bond acceptors (Lipinski definition) is 4. The highest BCUT2D eigenvalue weighted by molar-refractivity contribution is 6.17. The summed E-state index contributed by atoms with van der Waals surface area (Å²) in [4.78, 5) is 4.30. The molecule has 3 aromatic rings. The SMILES string of the molecule is Cc1nnc2c(Nc3cccc(CCl)c3)nccn12. The average Bonchev–Trinajstić information content (AvgIpc) is 2.82. The number of benzene rings is 1. The quantitative estimate of drug-likeness (QED) is 0.746. The number of fused-ring (bicyclic) bond motifs is 1. The highest BCUT2D eigenvalue weighted by atomic mass is 35.5. The number of anilines is 2. The van der Waals surface area contributed by atoms with E-state index in [1.807, 2.05) is 41.8 Å². The Labute approximate surface area is 115 Å². The summed E-state index contributed by atoms with van der Waals surface area (Å²) in [6, 6.07) is 7.88. The van der Waals surface area contributed by atoms with Crippen molar-refractivity contribution in [3.63, 3.8) is 0 Å².